The summed E-state index contributed by atoms with van der Waals surface area (Å²) in [4.78, 5) is 23.8. The van der Waals surface area contributed by atoms with E-state index in [4.69, 9.17) is 32.5 Å². The van der Waals surface area contributed by atoms with Crippen LogP contribution in [-0.2, 0) is 17.8 Å². The van der Waals surface area contributed by atoms with Gasteiger partial charge in [-0.05, 0) is 56.8 Å². The standard InChI is InChI=1S/C34H33ClN6O3/c1-5-16-41(4)17-10-12-33(42)40-30-19-25-29(20-32(30)43-7-3)39-28(6-2)26(21-36)34(25)38-23-13-14-31(27(35)18-23)44-22-24-11-8-9-15-37-24/h1,8-15,18-20H,6-7,16-17,22H2,2-4H3,(H,38,39)(H,40,42)/b12-10+. The molecule has 9 nitrogen and oxygen atoms in total. The maximum Gasteiger partial charge on any atom is 0.248 e. The molecular formula is C34H33ClN6O3. The summed E-state index contributed by atoms with van der Waals surface area (Å²) in [5, 5.41) is 17.5. The molecule has 2 heterocycles. The van der Waals surface area contributed by atoms with Crippen LogP contribution < -0.4 is 20.1 Å². The highest BCUT2D eigenvalue weighted by Crippen LogP contribution is 2.38. The van der Waals surface area contributed by atoms with E-state index in [9.17, 15) is 10.1 Å². The summed E-state index contributed by atoms with van der Waals surface area (Å²) in [6.45, 7) is 5.45. The number of pyridine rings is 2. The van der Waals surface area contributed by atoms with Gasteiger partial charge in [-0.1, -0.05) is 36.6 Å². The number of nitrogens with zero attached hydrogens (tertiary/aromatic N) is 4. The van der Waals surface area contributed by atoms with Crippen molar-refractivity contribution in [3.05, 3.63) is 88.9 Å². The number of terminal acetylenes is 1. The van der Waals surface area contributed by atoms with Gasteiger partial charge in [-0.2, -0.15) is 5.26 Å². The lowest BCUT2D eigenvalue weighted by Gasteiger charge is -2.18. The minimum atomic E-state index is -0.333. The maximum absolute atomic E-state index is 12.8. The van der Waals surface area contributed by atoms with E-state index in [0.717, 1.165) is 5.69 Å². The number of aromatic nitrogens is 2. The second-order valence-corrected chi connectivity index (χ2v) is 10.2. The minimum Gasteiger partial charge on any atom is -0.492 e. The van der Waals surface area contributed by atoms with Crippen molar-refractivity contribution in [1.82, 2.24) is 14.9 Å². The Kier molecular flexibility index (Phi) is 11.1. The van der Waals surface area contributed by atoms with Crippen LogP contribution in [0, 0.1) is 23.7 Å². The second kappa shape index (κ2) is 15.4. The van der Waals surface area contributed by atoms with Gasteiger partial charge in [0.1, 0.15) is 24.2 Å². The van der Waals surface area contributed by atoms with Gasteiger partial charge in [0.2, 0.25) is 5.91 Å². The summed E-state index contributed by atoms with van der Waals surface area (Å²) in [6.07, 6.45) is 10.8. The SMILES string of the molecule is C#CCN(C)C/C=C/C(=O)Nc1cc2c(Nc3ccc(OCc4ccccn4)c(Cl)c3)c(C#N)c(CC)nc2cc1OCC. The molecule has 0 saturated heterocycles. The predicted molar refractivity (Wildman–Crippen MR) is 174 cm³/mol. The van der Waals surface area contributed by atoms with E-state index in [2.05, 4.69) is 27.6 Å². The number of likely N-dealkylation sites (N-methyl/N-ethyl adjacent to an activating group) is 1. The van der Waals surface area contributed by atoms with Crippen LogP contribution >= 0.6 is 11.6 Å². The number of carbonyl (C=O) groups is 1. The van der Waals surface area contributed by atoms with Gasteiger partial charge in [-0.15, -0.1) is 6.42 Å². The first-order chi connectivity index (χ1) is 21.4. The third-order valence-electron chi connectivity index (χ3n) is 6.52. The number of nitrogens with one attached hydrogen (secondary N) is 2. The summed E-state index contributed by atoms with van der Waals surface area (Å²) in [5.74, 6) is 3.20. The third kappa shape index (κ3) is 8.05. The molecule has 0 radical (unpaired) electrons. The van der Waals surface area contributed by atoms with Crippen molar-refractivity contribution < 1.29 is 14.3 Å². The first kappa shape index (κ1) is 31.8. The van der Waals surface area contributed by atoms with E-state index in [-0.39, 0.29) is 12.5 Å². The van der Waals surface area contributed by atoms with Crippen LogP contribution in [0.3, 0.4) is 0 Å². The number of hydrogen-bond acceptors (Lipinski definition) is 8. The summed E-state index contributed by atoms with van der Waals surface area (Å²) in [6, 6.07) is 16.7. The maximum atomic E-state index is 12.8. The number of aryl methyl sites for hydroxylation is 1. The Morgan fingerprint density at radius 2 is 2.00 bits per heavy atom. The number of halogens is 1. The fraction of sp³-hybridized carbons (Fsp3) is 0.235. The van der Waals surface area contributed by atoms with Gasteiger partial charge < -0.3 is 20.1 Å². The normalized spacial score (nSPS) is 10.9. The van der Waals surface area contributed by atoms with E-state index in [1.807, 2.05) is 50.1 Å². The van der Waals surface area contributed by atoms with Gasteiger partial charge in [-0.25, -0.2) is 0 Å². The fourth-order valence-corrected chi connectivity index (χ4v) is 4.67. The molecule has 0 atom stereocenters. The van der Waals surface area contributed by atoms with Gasteiger partial charge in [0, 0.05) is 36.0 Å². The second-order valence-electron chi connectivity index (χ2n) is 9.74. The average molecular weight is 609 g/mol. The van der Waals surface area contributed by atoms with Gasteiger partial charge in [-0.3, -0.25) is 19.7 Å². The lowest BCUT2D eigenvalue weighted by molar-refractivity contribution is -0.111. The van der Waals surface area contributed by atoms with Crippen LogP contribution in [0.5, 0.6) is 11.5 Å². The van der Waals surface area contributed by atoms with E-state index >= 15 is 0 Å². The first-order valence-corrected chi connectivity index (χ1v) is 14.5. The van der Waals surface area contributed by atoms with Gasteiger partial charge >= 0.3 is 0 Å². The van der Waals surface area contributed by atoms with Crippen molar-refractivity contribution in [3.63, 3.8) is 0 Å². The molecule has 2 aromatic heterocycles. The zero-order chi connectivity index (χ0) is 31.5. The van der Waals surface area contributed by atoms with E-state index in [1.165, 1.54) is 6.08 Å². The first-order valence-electron chi connectivity index (χ1n) is 14.1. The van der Waals surface area contributed by atoms with E-state index < -0.39 is 0 Å². The summed E-state index contributed by atoms with van der Waals surface area (Å²) in [5.41, 5.74) is 4.03. The molecule has 0 spiro atoms. The molecule has 224 valence electrons. The Balaban J connectivity index is 1.68. The van der Waals surface area contributed by atoms with Gasteiger partial charge in [0.15, 0.2) is 0 Å². The zero-order valence-corrected chi connectivity index (χ0v) is 25.6. The highest BCUT2D eigenvalue weighted by atomic mass is 35.5. The predicted octanol–water partition coefficient (Wildman–Crippen LogP) is 6.50. The van der Waals surface area contributed by atoms with Gasteiger partial charge in [0.05, 0.1) is 52.0 Å². The number of amides is 1. The van der Waals surface area contributed by atoms with Crippen molar-refractivity contribution in [2.75, 3.05) is 37.4 Å². The molecule has 0 fully saturated rings. The van der Waals surface area contributed by atoms with Crippen molar-refractivity contribution in [2.45, 2.75) is 26.9 Å². The van der Waals surface area contributed by atoms with Crippen LogP contribution in [0.25, 0.3) is 10.9 Å². The lowest BCUT2D eigenvalue weighted by atomic mass is 10.0. The Hall–Kier alpha value is -5.09. The van der Waals surface area contributed by atoms with Gasteiger partial charge in [0.25, 0.3) is 0 Å². The number of nitriles is 1. The van der Waals surface area contributed by atoms with Crippen molar-refractivity contribution in [1.29, 1.82) is 5.26 Å². The smallest absolute Gasteiger partial charge is 0.248 e. The highest BCUT2D eigenvalue weighted by Gasteiger charge is 2.19. The molecule has 1 amide bonds. The van der Waals surface area contributed by atoms with Crippen LogP contribution in [0.4, 0.5) is 17.1 Å². The molecule has 2 aromatic carbocycles. The molecule has 0 aliphatic rings. The van der Waals surface area contributed by atoms with E-state index in [1.54, 1.807) is 36.5 Å². The number of rotatable bonds is 13. The highest BCUT2D eigenvalue weighted by molar-refractivity contribution is 6.32. The van der Waals surface area contributed by atoms with Crippen molar-refractivity contribution in [3.8, 4) is 29.9 Å². The molecule has 0 saturated carbocycles. The quantitative estimate of drug-likeness (QED) is 0.131. The van der Waals surface area contributed by atoms with Crippen molar-refractivity contribution >= 4 is 45.5 Å². The van der Waals surface area contributed by atoms with Crippen LogP contribution in [-0.4, -0.2) is 47.5 Å². The monoisotopic (exact) mass is 608 g/mol. The number of ether oxygens (including phenoxy) is 2. The number of hydrogen-bond donors (Lipinski definition) is 2. The van der Waals surface area contributed by atoms with Crippen molar-refractivity contribution in [2.24, 2.45) is 0 Å². The number of anilines is 3. The summed E-state index contributed by atoms with van der Waals surface area (Å²) < 4.78 is 11.7. The Bertz CT molecular complexity index is 1740. The number of benzene rings is 2. The molecule has 2 N–H and O–H groups in total. The van der Waals surface area contributed by atoms with Crippen LogP contribution in [0.15, 0.2) is 66.9 Å². The minimum absolute atomic E-state index is 0.272. The molecule has 4 rings (SSSR count). The molecule has 44 heavy (non-hydrogen) atoms. The molecular weight excluding hydrogens is 576 g/mol. The summed E-state index contributed by atoms with van der Waals surface area (Å²) >= 11 is 6.58. The average Bonchev–Trinajstić information content (AvgIpc) is 3.01. The van der Waals surface area contributed by atoms with Crippen LogP contribution in [0.2, 0.25) is 5.02 Å². The molecule has 0 aliphatic heterocycles. The number of carbonyl (C=O) groups excluding carboxylic acids is 1. The third-order valence-corrected chi connectivity index (χ3v) is 6.81. The fourth-order valence-electron chi connectivity index (χ4n) is 4.43. The lowest BCUT2D eigenvalue weighted by Crippen LogP contribution is -2.18. The largest absolute Gasteiger partial charge is 0.492 e. The van der Waals surface area contributed by atoms with E-state index in [0.29, 0.717) is 81.9 Å². The molecule has 0 bridgehead atoms. The Labute approximate surface area is 262 Å². The Morgan fingerprint density at radius 1 is 1.16 bits per heavy atom. The molecule has 10 heteroatoms. The zero-order valence-electron chi connectivity index (χ0n) is 24.9. The molecule has 0 unspecified atom stereocenters. The number of fused-ring (bicyclic) bond motifs is 1. The summed E-state index contributed by atoms with van der Waals surface area (Å²) in [7, 11) is 1.87. The molecule has 4 aromatic rings. The topological polar surface area (TPSA) is 112 Å². The molecule has 0 aliphatic carbocycles. The van der Waals surface area contributed by atoms with Crippen LogP contribution in [0.1, 0.15) is 30.8 Å². The Morgan fingerprint density at radius 3 is 2.68 bits per heavy atom.